The number of carbonyl (C=O) groups is 2. The summed E-state index contributed by atoms with van der Waals surface area (Å²) in [6.07, 6.45) is 3.45. The average molecular weight is 529 g/mol. The van der Waals surface area contributed by atoms with Crippen molar-refractivity contribution in [2.45, 2.75) is 37.8 Å². The minimum Gasteiger partial charge on any atom is -0.490 e. The van der Waals surface area contributed by atoms with Crippen molar-refractivity contribution in [1.29, 1.82) is 0 Å². The van der Waals surface area contributed by atoms with E-state index in [2.05, 4.69) is 22.9 Å². The Hall–Kier alpha value is -3.47. The predicted octanol–water partition coefficient (Wildman–Crippen LogP) is 4.69. The number of hydrogen-bond donors (Lipinski definition) is 4. The molecule has 0 spiro atoms. The van der Waals surface area contributed by atoms with E-state index in [-0.39, 0.29) is 12.4 Å². The molecule has 1 fully saturated rings. The highest BCUT2D eigenvalue weighted by Gasteiger charge is 2.29. The van der Waals surface area contributed by atoms with Crippen LogP contribution in [0.4, 0.5) is 4.39 Å². The Morgan fingerprint density at radius 2 is 1.97 bits per heavy atom. The van der Waals surface area contributed by atoms with Crippen molar-refractivity contribution in [3.63, 3.8) is 0 Å². The van der Waals surface area contributed by atoms with Gasteiger partial charge in [0, 0.05) is 39.3 Å². The van der Waals surface area contributed by atoms with Crippen molar-refractivity contribution >= 4 is 44.3 Å². The Bertz CT molecular complexity index is 1370. The summed E-state index contributed by atoms with van der Waals surface area (Å²) in [5, 5.41) is 27.5. The van der Waals surface area contributed by atoms with Crippen LogP contribution in [0.1, 0.15) is 30.6 Å². The van der Waals surface area contributed by atoms with E-state index in [1.165, 1.54) is 10.9 Å². The number of benzene rings is 2. The highest BCUT2D eigenvalue weighted by atomic mass is 32.1. The number of aliphatic hydroxyl groups excluding tert-OH is 1. The molecule has 0 radical (unpaired) electrons. The summed E-state index contributed by atoms with van der Waals surface area (Å²) >= 11 is 1.71. The molecule has 10 heteroatoms. The van der Waals surface area contributed by atoms with Crippen molar-refractivity contribution in [1.82, 2.24) is 9.88 Å². The first-order chi connectivity index (χ1) is 17.7. The van der Waals surface area contributed by atoms with Crippen LogP contribution >= 0.6 is 11.3 Å². The molecule has 0 amide bonds. The number of aliphatic carboxylic acids is 2. The Morgan fingerprint density at radius 3 is 2.70 bits per heavy atom. The smallest absolute Gasteiger partial charge is 0.414 e. The van der Waals surface area contributed by atoms with Crippen molar-refractivity contribution in [2.24, 2.45) is 0 Å². The summed E-state index contributed by atoms with van der Waals surface area (Å²) in [6.45, 7) is 4.06. The molecule has 4 aromatic rings. The number of carboxylic acid groups (broad SMARTS) is 2. The lowest BCUT2D eigenvalue weighted by atomic mass is 9.90. The van der Waals surface area contributed by atoms with E-state index in [1.54, 1.807) is 17.4 Å². The number of halogens is 1. The highest BCUT2D eigenvalue weighted by molar-refractivity contribution is 7.19. The van der Waals surface area contributed by atoms with Gasteiger partial charge in [0.25, 0.3) is 0 Å². The van der Waals surface area contributed by atoms with Crippen LogP contribution in [-0.4, -0.2) is 69.0 Å². The highest BCUT2D eigenvalue weighted by Crippen LogP contribution is 2.38. The number of likely N-dealkylation sites (tertiary alicyclic amines) is 1. The summed E-state index contributed by atoms with van der Waals surface area (Å²) in [5.74, 6) is -2.53. The zero-order chi connectivity index (χ0) is 26.5. The second-order valence-corrected chi connectivity index (χ2v) is 10.3. The topological polar surface area (TPSA) is 123 Å². The van der Waals surface area contributed by atoms with Gasteiger partial charge in [0.05, 0.1) is 0 Å². The average Bonchev–Trinajstić information content (AvgIpc) is 3.51. The SMILES string of the molecule is C[C@H]1C[C@H](c2cc3ccc(F)cc3s2)CCN1C[C@H](O)COc1cccc2[nH]ccc12.O=C(O)C(=O)O. The molecule has 1 saturated heterocycles. The zero-order valence-electron chi connectivity index (χ0n) is 20.3. The molecule has 1 aliphatic heterocycles. The number of nitrogens with one attached hydrogen (secondary N) is 1. The van der Waals surface area contributed by atoms with Crippen LogP contribution in [0.2, 0.25) is 0 Å². The number of aliphatic hydroxyl groups is 1. The quantitative estimate of drug-likeness (QED) is 0.268. The van der Waals surface area contributed by atoms with Crippen molar-refractivity contribution in [3.8, 4) is 5.75 Å². The zero-order valence-corrected chi connectivity index (χ0v) is 21.1. The number of fused-ring (bicyclic) bond motifs is 2. The lowest BCUT2D eigenvalue weighted by Gasteiger charge is -2.38. The summed E-state index contributed by atoms with van der Waals surface area (Å²) in [6, 6.07) is 15.5. The van der Waals surface area contributed by atoms with Gasteiger partial charge in [-0.3, -0.25) is 4.90 Å². The Morgan fingerprint density at radius 1 is 1.19 bits per heavy atom. The third-order valence-corrected chi connectivity index (χ3v) is 7.79. The molecule has 1 aliphatic rings. The normalized spacial score (nSPS) is 18.8. The fraction of sp³-hybridized carbons (Fsp3) is 0.333. The molecule has 37 heavy (non-hydrogen) atoms. The van der Waals surface area contributed by atoms with E-state index < -0.39 is 18.0 Å². The molecular formula is C27H29FN2O6S. The molecule has 3 atom stereocenters. The number of H-pyrrole nitrogens is 1. The third-order valence-electron chi connectivity index (χ3n) is 6.53. The number of piperidine rings is 1. The van der Waals surface area contributed by atoms with Gasteiger partial charge >= 0.3 is 11.9 Å². The Labute approximate surface area is 216 Å². The predicted molar refractivity (Wildman–Crippen MR) is 140 cm³/mol. The maximum absolute atomic E-state index is 13.5. The molecule has 8 nitrogen and oxygen atoms in total. The maximum atomic E-state index is 13.5. The number of carboxylic acids is 2. The van der Waals surface area contributed by atoms with Gasteiger partial charge in [-0.1, -0.05) is 12.1 Å². The van der Waals surface area contributed by atoms with Gasteiger partial charge in [-0.15, -0.1) is 11.3 Å². The van der Waals surface area contributed by atoms with Crippen LogP contribution in [0.5, 0.6) is 5.75 Å². The van der Waals surface area contributed by atoms with E-state index in [4.69, 9.17) is 24.5 Å². The molecule has 196 valence electrons. The molecule has 4 N–H and O–H groups in total. The maximum Gasteiger partial charge on any atom is 0.414 e. The minimum atomic E-state index is -1.82. The molecule has 0 unspecified atom stereocenters. The molecule has 3 heterocycles. The second-order valence-electron chi connectivity index (χ2n) is 9.17. The van der Waals surface area contributed by atoms with Gasteiger partial charge in [-0.2, -0.15) is 0 Å². The van der Waals surface area contributed by atoms with Crippen molar-refractivity contribution < 1.29 is 34.0 Å². The van der Waals surface area contributed by atoms with Crippen LogP contribution in [0, 0.1) is 5.82 Å². The standard InChI is InChI=1S/C25H27FN2O2S.C2H2O4/c1-16-11-18(24-12-17-5-6-19(26)13-25(17)31-24)8-10-28(16)14-20(29)15-30-23-4-2-3-22-21(23)7-9-27-22;3-1(4)2(5)6/h2-7,9,12-13,16,18,20,27,29H,8,10-11,14-15H2,1H3;(H,3,4)(H,5,6)/t16-,18+,20-;/m0./s1. The number of rotatable bonds is 6. The van der Waals surface area contributed by atoms with Gasteiger partial charge in [0.2, 0.25) is 0 Å². The molecule has 5 rings (SSSR count). The number of nitrogens with zero attached hydrogens (tertiary/aromatic N) is 1. The Kier molecular flexibility index (Phi) is 8.42. The number of thiophene rings is 1. The van der Waals surface area contributed by atoms with E-state index in [0.29, 0.717) is 18.5 Å². The van der Waals surface area contributed by atoms with E-state index in [0.717, 1.165) is 46.1 Å². The third kappa shape index (κ3) is 6.65. The first kappa shape index (κ1) is 26.6. The minimum absolute atomic E-state index is 0.173. The molecule has 2 aromatic carbocycles. The van der Waals surface area contributed by atoms with Crippen LogP contribution in [0.15, 0.2) is 54.7 Å². The summed E-state index contributed by atoms with van der Waals surface area (Å²) in [7, 11) is 0. The lowest BCUT2D eigenvalue weighted by molar-refractivity contribution is -0.159. The van der Waals surface area contributed by atoms with Gasteiger partial charge < -0.3 is 25.0 Å². The van der Waals surface area contributed by atoms with E-state index in [1.807, 2.05) is 36.5 Å². The van der Waals surface area contributed by atoms with Crippen LogP contribution < -0.4 is 4.74 Å². The molecule has 2 aromatic heterocycles. The van der Waals surface area contributed by atoms with Gasteiger partial charge in [0.1, 0.15) is 24.3 Å². The molecular weight excluding hydrogens is 499 g/mol. The van der Waals surface area contributed by atoms with Crippen LogP contribution in [0.25, 0.3) is 21.0 Å². The Balaban J connectivity index is 0.000000480. The number of β-amino-alcohol motifs (C(OH)–C–C–N with tert-alkyl or cyclic N) is 1. The fourth-order valence-electron chi connectivity index (χ4n) is 4.67. The summed E-state index contributed by atoms with van der Waals surface area (Å²) in [5.41, 5.74) is 1.03. The largest absolute Gasteiger partial charge is 0.490 e. The number of aromatic amines is 1. The monoisotopic (exact) mass is 528 g/mol. The summed E-state index contributed by atoms with van der Waals surface area (Å²) < 4.78 is 20.5. The number of aromatic nitrogens is 1. The first-order valence-electron chi connectivity index (χ1n) is 12.0. The van der Waals surface area contributed by atoms with Gasteiger partial charge in [-0.25, -0.2) is 14.0 Å². The van der Waals surface area contributed by atoms with Gasteiger partial charge in [-0.05, 0) is 74.0 Å². The number of hydrogen-bond acceptors (Lipinski definition) is 6. The van der Waals surface area contributed by atoms with Crippen molar-refractivity contribution in [2.75, 3.05) is 19.7 Å². The van der Waals surface area contributed by atoms with Crippen molar-refractivity contribution in [3.05, 3.63) is 65.4 Å². The van der Waals surface area contributed by atoms with Gasteiger partial charge in [0.15, 0.2) is 0 Å². The van der Waals surface area contributed by atoms with E-state index >= 15 is 0 Å². The second kappa shape index (κ2) is 11.7. The number of ether oxygens (including phenoxy) is 1. The van der Waals surface area contributed by atoms with E-state index in [9.17, 15) is 9.50 Å². The van der Waals surface area contributed by atoms with Crippen LogP contribution in [-0.2, 0) is 9.59 Å². The molecule has 0 aliphatic carbocycles. The lowest BCUT2D eigenvalue weighted by Crippen LogP contribution is -2.45. The fourth-order valence-corrected chi connectivity index (χ4v) is 5.91. The summed E-state index contributed by atoms with van der Waals surface area (Å²) in [4.78, 5) is 25.1. The molecule has 0 bridgehead atoms. The first-order valence-corrected chi connectivity index (χ1v) is 12.8. The van der Waals surface area contributed by atoms with Crippen LogP contribution in [0.3, 0.4) is 0 Å². The molecule has 0 saturated carbocycles.